The Kier molecular flexibility index (Phi) is 6.58. The summed E-state index contributed by atoms with van der Waals surface area (Å²) >= 11 is 3.49. The van der Waals surface area contributed by atoms with Crippen LogP contribution < -0.4 is 20.1 Å². The van der Waals surface area contributed by atoms with Crippen LogP contribution in [0.25, 0.3) is 0 Å². The molecule has 0 atom stereocenters. The van der Waals surface area contributed by atoms with Crippen molar-refractivity contribution in [1.82, 2.24) is 10.6 Å². The van der Waals surface area contributed by atoms with E-state index < -0.39 is 0 Å². The minimum atomic E-state index is -0.0304. The van der Waals surface area contributed by atoms with Crippen molar-refractivity contribution in [3.63, 3.8) is 0 Å². The van der Waals surface area contributed by atoms with E-state index in [-0.39, 0.29) is 36.3 Å². The summed E-state index contributed by atoms with van der Waals surface area (Å²) < 4.78 is 11.7. The van der Waals surface area contributed by atoms with Crippen molar-refractivity contribution >= 4 is 45.9 Å². The molecule has 2 N–H and O–H groups in total. The summed E-state index contributed by atoms with van der Waals surface area (Å²) in [6, 6.07) is 4.00. The van der Waals surface area contributed by atoms with Crippen molar-refractivity contribution < 1.29 is 9.47 Å². The van der Waals surface area contributed by atoms with E-state index >= 15 is 0 Å². The van der Waals surface area contributed by atoms with E-state index in [1.807, 2.05) is 12.1 Å². The van der Waals surface area contributed by atoms with Gasteiger partial charge < -0.3 is 20.1 Å². The first-order chi connectivity index (χ1) is 9.39. The summed E-state index contributed by atoms with van der Waals surface area (Å²) in [6.07, 6.45) is 0. The number of benzene rings is 1. The van der Waals surface area contributed by atoms with Gasteiger partial charge in [0.1, 0.15) is 0 Å². The zero-order valence-electron chi connectivity index (χ0n) is 12.6. The third-order valence-corrected chi connectivity index (χ3v) is 3.25. The maximum atomic E-state index is 5.41. The molecule has 1 heterocycles. The number of nitrogens with one attached hydrogen (secondary N) is 2. The molecule has 0 amide bonds. The average Bonchev–Trinajstić information content (AvgIpc) is 2.81. The fourth-order valence-corrected chi connectivity index (χ4v) is 2.45. The lowest BCUT2D eigenvalue weighted by molar-refractivity contribution is 0.173. The maximum absolute atomic E-state index is 5.41. The quantitative estimate of drug-likeness (QED) is 0.396. The van der Waals surface area contributed by atoms with Crippen LogP contribution in [0.3, 0.4) is 0 Å². The number of ether oxygens (including phenoxy) is 2. The predicted molar refractivity (Wildman–Crippen MR) is 98.8 cm³/mol. The molecule has 5 nitrogen and oxygen atoms in total. The van der Waals surface area contributed by atoms with Gasteiger partial charge >= 0.3 is 0 Å². The van der Waals surface area contributed by atoms with Crippen LogP contribution in [0.15, 0.2) is 21.6 Å². The molecule has 0 aliphatic carbocycles. The van der Waals surface area contributed by atoms with E-state index in [0.29, 0.717) is 6.54 Å². The molecule has 0 fully saturated rings. The molecular formula is C14H21BrIN3O2. The number of aliphatic imine (C=N–C) groups is 1. The Morgan fingerprint density at radius 2 is 2.05 bits per heavy atom. The third kappa shape index (κ3) is 5.21. The van der Waals surface area contributed by atoms with Crippen LogP contribution in [0.1, 0.15) is 26.3 Å². The summed E-state index contributed by atoms with van der Waals surface area (Å²) in [6.45, 7) is 7.22. The van der Waals surface area contributed by atoms with Crippen molar-refractivity contribution in [3.05, 3.63) is 22.2 Å². The van der Waals surface area contributed by atoms with Crippen LogP contribution in [0, 0.1) is 0 Å². The first kappa shape index (κ1) is 18.3. The zero-order chi connectivity index (χ0) is 14.8. The second-order valence-corrected chi connectivity index (χ2v) is 6.47. The zero-order valence-corrected chi connectivity index (χ0v) is 16.5. The molecule has 1 aromatic carbocycles. The number of hydrogen-bond acceptors (Lipinski definition) is 3. The lowest BCUT2D eigenvalue weighted by Crippen LogP contribution is -2.47. The lowest BCUT2D eigenvalue weighted by atomic mass is 10.1. The van der Waals surface area contributed by atoms with Crippen molar-refractivity contribution in [2.24, 2.45) is 4.99 Å². The molecule has 1 aliphatic rings. The van der Waals surface area contributed by atoms with Gasteiger partial charge in [-0.2, -0.15) is 0 Å². The first-order valence-corrected chi connectivity index (χ1v) is 7.25. The molecule has 21 heavy (non-hydrogen) atoms. The lowest BCUT2D eigenvalue weighted by Gasteiger charge is -2.23. The molecule has 0 spiro atoms. The normalized spacial score (nSPS) is 13.7. The summed E-state index contributed by atoms with van der Waals surface area (Å²) in [4.78, 5) is 4.21. The third-order valence-electron chi connectivity index (χ3n) is 2.66. The molecule has 7 heteroatoms. The maximum Gasteiger partial charge on any atom is 0.231 e. The highest BCUT2D eigenvalue weighted by Gasteiger charge is 2.18. The van der Waals surface area contributed by atoms with Gasteiger partial charge in [0, 0.05) is 19.1 Å². The summed E-state index contributed by atoms with van der Waals surface area (Å²) in [5.41, 5.74) is 1.06. The molecule has 0 saturated heterocycles. The smallest absolute Gasteiger partial charge is 0.231 e. The fraction of sp³-hybridized carbons (Fsp3) is 0.500. The van der Waals surface area contributed by atoms with Crippen molar-refractivity contribution in [2.45, 2.75) is 32.9 Å². The molecule has 1 aliphatic heterocycles. The predicted octanol–water partition coefficient (Wildman–Crippen LogP) is 3.26. The molecule has 0 aromatic heterocycles. The van der Waals surface area contributed by atoms with Gasteiger partial charge in [-0.3, -0.25) is 4.99 Å². The minimum absolute atomic E-state index is 0. The molecule has 1 aromatic rings. The van der Waals surface area contributed by atoms with E-state index in [1.54, 1.807) is 7.05 Å². The van der Waals surface area contributed by atoms with Crippen molar-refractivity contribution in [3.8, 4) is 11.5 Å². The van der Waals surface area contributed by atoms with Gasteiger partial charge in [0.2, 0.25) is 6.79 Å². The number of hydrogen-bond donors (Lipinski definition) is 2. The number of guanidine groups is 1. The Bertz CT molecular complexity index is 530. The molecular weight excluding hydrogens is 449 g/mol. The minimum Gasteiger partial charge on any atom is -0.454 e. The van der Waals surface area contributed by atoms with Gasteiger partial charge in [-0.25, -0.2) is 0 Å². The summed E-state index contributed by atoms with van der Waals surface area (Å²) in [7, 11) is 1.76. The number of halogens is 2. The Balaban J connectivity index is 0.00000220. The molecule has 0 unspecified atom stereocenters. The number of rotatable bonds is 2. The standard InChI is InChI=1S/C14H20BrN3O2.HI/c1-14(2,3)18-13(16-4)17-7-9-5-10(15)12-11(6-9)19-8-20-12;/h5-6H,7-8H2,1-4H3,(H2,16,17,18);1H. The van der Waals surface area contributed by atoms with E-state index in [2.05, 4.69) is 52.3 Å². The van der Waals surface area contributed by atoms with Crippen molar-refractivity contribution in [1.29, 1.82) is 0 Å². The van der Waals surface area contributed by atoms with Crippen LogP contribution >= 0.6 is 39.9 Å². The summed E-state index contributed by atoms with van der Waals surface area (Å²) in [5.74, 6) is 2.31. The van der Waals surface area contributed by atoms with Gasteiger partial charge in [-0.05, 0) is 54.4 Å². The van der Waals surface area contributed by atoms with Crippen LogP contribution in [0.4, 0.5) is 0 Å². The largest absolute Gasteiger partial charge is 0.454 e. The molecule has 0 saturated carbocycles. The molecule has 2 rings (SSSR count). The Morgan fingerprint density at radius 3 is 2.67 bits per heavy atom. The van der Waals surface area contributed by atoms with E-state index in [4.69, 9.17) is 9.47 Å². The van der Waals surface area contributed by atoms with Crippen LogP contribution in [0.2, 0.25) is 0 Å². The topological polar surface area (TPSA) is 54.9 Å². The van der Waals surface area contributed by atoms with Gasteiger partial charge in [0.05, 0.1) is 4.47 Å². The van der Waals surface area contributed by atoms with Crippen LogP contribution in [-0.2, 0) is 6.54 Å². The molecule has 118 valence electrons. The average molecular weight is 470 g/mol. The molecule has 0 bridgehead atoms. The fourth-order valence-electron chi connectivity index (χ4n) is 1.84. The number of nitrogens with zero attached hydrogens (tertiary/aromatic N) is 1. The van der Waals surface area contributed by atoms with E-state index in [9.17, 15) is 0 Å². The highest BCUT2D eigenvalue weighted by atomic mass is 127. The van der Waals surface area contributed by atoms with Crippen LogP contribution in [0.5, 0.6) is 11.5 Å². The van der Waals surface area contributed by atoms with Gasteiger partial charge in [-0.1, -0.05) is 0 Å². The first-order valence-electron chi connectivity index (χ1n) is 6.46. The highest BCUT2D eigenvalue weighted by molar-refractivity contribution is 14.0. The Hall–Kier alpha value is -0.700. The Labute approximate surface area is 151 Å². The van der Waals surface area contributed by atoms with Gasteiger partial charge in [0.15, 0.2) is 17.5 Å². The highest BCUT2D eigenvalue weighted by Crippen LogP contribution is 2.39. The van der Waals surface area contributed by atoms with Crippen LogP contribution in [-0.4, -0.2) is 25.3 Å². The van der Waals surface area contributed by atoms with E-state index in [0.717, 1.165) is 27.5 Å². The van der Waals surface area contributed by atoms with Gasteiger partial charge in [-0.15, -0.1) is 24.0 Å². The number of fused-ring (bicyclic) bond motifs is 1. The van der Waals surface area contributed by atoms with E-state index in [1.165, 1.54) is 0 Å². The Morgan fingerprint density at radius 1 is 1.33 bits per heavy atom. The monoisotopic (exact) mass is 469 g/mol. The second-order valence-electron chi connectivity index (χ2n) is 5.61. The van der Waals surface area contributed by atoms with Gasteiger partial charge in [0.25, 0.3) is 0 Å². The SMILES string of the molecule is CN=C(NCc1cc(Br)c2c(c1)OCO2)NC(C)(C)C.I. The molecule has 0 radical (unpaired) electrons. The summed E-state index contributed by atoms with van der Waals surface area (Å²) in [5, 5.41) is 6.60. The van der Waals surface area contributed by atoms with Crippen molar-refractivity contribution in [2.75, 3.05) is 13.8 Å². The second kappa shape index (κ2) is 7.53.